The Kier molecular flexibility index (Phi) is 2.63. The summed E-state index contributed by atoms with van der Waals surface area (Å²) in [5.74, 6) is 1.55. The van der Waals surface area contributed by atoms with Crippen molar-refractivity contribution in [1.82, 2.24) is 29.5 Å². The number of aromatic amines is 1. The Balaban J connectivity index is 2.06. The van der Waals surface area contributed by atoms with Crippen molar-refractivity contribution >= 4 is 23.2 Å². The molecule has 3 aromatic rings. The summed E-state index contributed by atoms with van der Waals surface area (Å²) in [4.78, 5) is 13.0. The van der Waals surface area contributed by atoms with Gasteiger partial charge in [0.05, 0.1) is 6.20 Å². The molecular formula is C10H11N7S. The molecule has 0 unspecified atom stereocenters. The summed E-state index contributed by atoms with van der Waals surface area (Å²) in [6.07, 6.45) is 5.50. The third kappa shape index (κ3) is 1.90. The molecule has 0 saturated heterocycles. The van der Waals surface area contributed by atoms with Crippen LogP contribution in [0.3, 0.4) is 0 Å². The molecule has 0 aliphatic rings. The second-order valence-corrected chi connectivity index (χ2v) is 4.60. The normalized spacial score (nSPS) is 11.0. The maximum atomic E-state index is 4.47. The molecule has 0 aliphatic carbocycles. The van der Waals surface area contributed by atoms with Crippen LogP contribution in [-0.4, -0.2) is 36.6 Å². The quantitative estimate of drug-likeness (QED) is 0.740. The number of fused-ring (bicyclic) bond motifs is 1. The van der Waals surface area contributed by atoms with Gasteiger partial charge in [-0.25, -0.2) is 15.0 Å². The van der Waals surface area contributed by atoms with Crippen molar-refractivity contribution in [2.45, 2.75) is 17.1 Å². The zero-order chi connectivity index (χ0) is 12.5. The van der Waals surface area contributed by atoms with Crippen LogP contribution in [0, 0.1) is 6.92 Å². The average Bonchev–Trinajstić information content (AvgIpc) is 2.98. The van der Waals surface area contributed by atoms with Crippen molar-refractivity contribution in [2.75, 3.05) is 12.4 Å². The van der Waals surface area contributed by atoms with E-state index in [1.807, 2.05) is 30.8 Å². The number of nitrogens with one attached hydrogen (secondary N) is 2. The summed E-state index contributed by atoms with van der Waals surface area (Å²) in [5, 5.41) is 11.3. The molecule has 7 nitrogen and oxygen atoms in total. The fourth-order valence-electron chi connectivity index (χ4n) is 1.55. The summed E-state index contributed by atoms with van der Waals surface area (Å²) < 4.78 is 1.92. The predicted molar refractivity (Wildman–Crippen MR) is 67.8 cm³/mol. The Morgan fingerprint density at radius 1 is 1.39 bits per heavy atom. The Morgan fingerprint density at radius 2 is 2.28 bits per heavy atom. The number of H-pyrrole nitrogens is 1. The summed E-state index contributed by atoms with van der Waals surface area (Å²) in [6.45, 7) is 1.86. The van der Waals surface area contributed by atoms with Gasteiger partial charge in [0.1, 0.15) is 16.7 Å². The van der Waals surface area contributed by atoms with Gasteiger partial charge in [-0.05, 0) is 18.7 Å². The van der Waals surface area contributed by atoms with Crippen molar-refractivity contribution < 1.29 is 0 Å². The topological polar surface area (TPSA) is 83.8 Å². The molecule has 18 heavy (non-hydrogen) atoms. The highest BCUT2D eigenvalue weighted by molar-refractivity contribution is 7.99. The van der Waals surface area contributed by atoms with Crippen molar-refractivity contribution in [3.63, 3.8) is 0 Å². The third-order valence-corrected chi connectivity index (χ3v) is 3.20. The van der Waals surface area contributed by atoms with Crippen molar-refractivity contribution in [3.8, 4) is 0 Å². The van der Waals surface area contributed by atoms with Gasteiger partial charge in [0.15, 0.2) is 5.65 Å². The zero-order valence-corrected chi connectivity index (χ0v) is 10.7. The van der Waals surface area contributed by atoms with Crippen LogP contribution in [0.4, 0.5) is 5.82 Å². The van der Waals surface area contributed by atoms with Gasteiger partial charge in [-0.3, -0.25) is 5.10 Å². The number of aryl methyl sites for hydroxylation is 1. The van der Waals surface area contributed by atoms with Gasteiger partial charge in [-0.2, -0.15) is 0 Å². The number of hydrogen-bond acceptors (Lipinski definition) is 6. The Bertz CT molecular complexity index is 686. The number of aromatic nitrogens is 6. The molecule has 0 aromatic carbocycles. The lowest BCUT2D eigenvalue weighted by atomic mass is 10.6. The van der Waals surface area contributed by atoms with Crippen molar-refractivity contribution in [2.24, 2.45) is 0 Å². The lowest BCUT2D eigenvalue weighted by molar-refractivity contribution is 0.960. The minimum Gasteiger partial charge on any atom is -0.372 e. The summed E-state index contributed by atoms with van der Waals surface area (Å²) >= 11 is 1.38. The number of anilines is 1. The van der Waals surface area contributed by atoms with E-state index in [1.54, 1.807) is 6.20 Å². The van der Waals surface area contributed by atoms with Gasteiger partial charge < -0.3 is 9.72 Å². The van der Waals surface area contributed by atoms with Gasteiger partial charge in [-0.1, -0.05) is 0 Å². The molecule has 0 radical (unpaired) electrons. The monoisotopic (exact) mass is 261 g/mol. The zero-order valence-electron chi connectivity index (χ0n) is 9.88. The van der Waals surface area contributed by atoms with E-state index in [2.05, 4.69) is 30.5 Å². The predicted octanol–water partition coefficient (Wildman–Crippen LogP) is 1.35. The van der Waals surface area contributed by atoms with E-state index in [0.717, 1.165) is 22.3 Å². The molecule has 0 amide bonds. The van der Waals surface area contributed by atoms with Gasteiger partial charge in [0.2, 0.25) is 5.16 Å². The van der Waals surface area contributed by atoms with E-state index in [9.17, 15) is 0 Å². The lowest BCUT2D eigenvalue weighted by Gasteiger charge is -2.04. The Hall–Kier alpha value is -2.09. The lowest BCUT2D eigenvalue weighted by Crippen LogP contribution is -1.98. The molecule has 2 N–H and O–H groups in total. The first-order valence-corrected chi connectivity index (χ1v) is 6.16. The fraction of sp³-hybridized carbons (Fsp3) is 0.200. The van der Waals surface area contributed by atoms with Crippen LogP contribution in [0.15, 0.2) is 28.8 Å². The largest absolute Gasteiger partial charge is 0.372 e. The Morgan fingerprint density at radius 3 is 3.00 bits per heavy atom. The van der Waals surface area contributed by atoms with Crippen LogP contribution in [0.2, 0.25) is 0 Å². The van der Waals surface area contributed by atoms with E-state index < -0.39 is 0 Å². The van der Waals surface area contributed by atoms with Crippen LogP contribution in [0.5, 0.6) is 0 Å². The first-order chi connectivity index (χ1) is 8.76. The summed E-state index contributed by atoms with van der Waals surface area (Å²) in [7, 11) is 1.83. The van der Waals surface area contributed by atoms with Gasteiger partial charge in [0, 0.05) is 19.4 Å². The van der Waals surface area contributed by atoms with Crippen LogP contribution in [0.1, 0.15) is 5.82 Å². The van der Waals surface area contributed by atoms with Crippen LogP contribution in [0.25, 0.3) is 5.65 Å². The molecule has 0 atom stereocenters. The fourth-order valence-corrected chi connectivity index (χ4v) is 2.39. The smallest absolute Gasteiger partial charge is 0.214 e. The molecule has 3 aromatic heterocycles. The number of hydrogen-bond donors (Lipinski definition) is 2. The molecule has 0 spiro atoms. The molecule has 3 heterocycles. The molecule has 0 saturated carbocycles. The average molecular weight is 261 g/mol. The summed E-state index contributed by atoms with van der Waals surface area (Å²) in [5.41, 5.74) is 0.793. The van der Waals surface area contributed by atoms with Crippen LogP contribution >= 0.6 is 11.8 Å². The second-order valence-electron chi connectivity index (χ2n) is 3.64. The third-order valence-electron chi connectivity index (χ3n) is 2.36. The van der Waals surface area contributed by atoms with Crippen LogP contribution in [-0.2, 0) is 0 Å². The highest BCUT2D eigenvalue weighted by Crippen LogP contribution is 2.27. The first-order valence-electron chi connectivity index (χ1n) is 5.34. The highest BCUT2D eigenvalue weighted by Gasteiger charge is 2.11. The minimum atomic E-state index is 0.637. The maximum absolute atomic E-state index is 4.47. The number of nitrogens with zero attached hydrogens (tertiary/aromatic N) is 5. The van der Waals surface area contributed by atoms with Gasteiger partial charge >= 0.3 is 0 Å². The molecule has 3 rings (SSSR count). The molecular weight excluding hydrogens is 250 g/mol. The molecule has 0 aliphatic heterocycles. The van der Waals surface area contributed by atoms with E-state index in [0.29, 0.717) is 5.16 Å². The molecule has 8 heteroatoms. The minimum absolute atomic E-state index is 0.637. The van der Waals surface area contributed by atoms with E-state index >= 15 is 0 Å². The number of rotatable bonds is 3. The SMILES string of the molecule is CNc1cn2ccnc2c(Sc2n[nH]c(C)n2)n1. The van der Waals surface area contributed by atoms with Crippen molar-refractivity contribution in [1.29, 1.82) is 0 Å². The highest BCUT2D eigenvalue weighted by atomic mass is 32.2. The molecule has 0 fully saturated rings. The van der Waals surface area contributed by atoms with E-state index in [4.69, 9.17) is 0 Å². The van der Waals surface area contributed by atoms with Crippen molar-refractivity contribution in [3.05, 3.63) is 24.4 Å². The molecule has 0 bridgehead atoms. The summed E-state index contributed by atoms with van der Waals surface area (Å²) in [6, 6.07) is 0. The van der Waals surface area contributed by atoms with Crippen LogP contribution < -0.4 is 5.32 Å². The van der Waals surface area contributed by atoms with E-state index in [1.165, 1.54) is 11.8 Å². The second kappa shape index (κ2) is 4.30. The molecule has 92 valence electrons. The van der Waals surface area contributed by atoms with Gasteiger partial charge in [-0.15, -0.1) is 5.10 Å². The first kappa shape index (κ1) is 11.0. The standard InChI is InChI=1S/C10H11N7S/c1-6-13-10(16-15-6)18-9-8-12-3-4-17(8)5-7(11-2)14-9/h3-5,11H,1-2H3,(H,13,15,16). The Labute approximate surface area is 107 Å². The maximum Gasteiger partial charge on any atom is 0.214 e. The van der Waals surface area contributed by atoms with Gasteiger partial charge in [0.25, 0.3) is 0 Å². The van der Waals surface area contributed by atoms with E-state index in [-0.39, 0.29) is 0 Å². The number of imidazole rings is 1.